The lowest BCUT2D eigenvalue weighted by atomic mass is 9.97. The van der Waals surface area contributed by atoms with Crippen LogP contribution < -0.4 is 5.30 Å². The summed E-state index contributed by atoms with van der Waals surface area (Å²) in [4.78, 5) is 19.0. The fourth-order valence-corrected chi connectivity index (χ4v) is 3.68. The van der Waals surface area contributed by atoms with Crippen molar-refractivity contribution in [1.82, 2.24) is 0 Å². The Morgan fingerprint density at radius 2 is 1.60 bits per heavy atom. The number of hydrogen-bond acceptors (Lipinski definition) is 1. The van der Waals surface area contributed by atoms with E-state index in [1.54, 1.807) is 6.07 Å². The summed E-state index contributed by atoms with van der Waals surface area (Å²) >= 11 is 0. The van der Waals surface area contributed by atoms with Crippen LogP contribution in [-0.2, 0) is 11.0 Å². The zero-order chi connectivity index (χ0) is 14.3. The maximum absolute atomic E-state index is 11.6. The van der Waals surface area contributed by atoms with Crippen LogP contribution in [-0.4, -0.2) is 9.79 Å². The van der Waals surface area contributed by atoms with E-state index >= 15 is 0 Å². The first kappa shape index (κ1) is 13.3. The minimum Gasteiger partial charge on any atom is -0.321 e. The van der Waals surface area contributed by atoms with Crippen molar-refractivity contribution in [1.29, 1.82) is 0 Å². The summed E-state index contributed by atoms with van der Waals surface area (Å²) in [6.45, 7) is 1.92. The fourth-order valence-electron chi connectivity index (χ4n) is 2.78. The van der Waals surface area contributed by atoms with Gasteiger partial charge in [0.1, 0.15) is 0 Å². The zero-order valence-electron chi connectivity index (χ0n) is 11.1. The maximum atomic E-state index is 11.6. The van der Waals surface area contributed by atoms with Crippen molar-refractivity contribution in [2.24, 2.45) is 0 Å². The van der Waals surface area contributed by atoms with Gasteiger partial charge in [-0.1, -0.05) is 49.4 Å². The van der Waals surface area contributed by atoms with Gasteiger partial charge < -0.3 is 9.79 Å². The molecule has 20 heavy (non-hydrogen) atoms. The van der Waals surface area contributed by atoms with Crippen molar-refractivity contribution < 1.29 is 14.4 Å². The van der Waals surface area contributed by atoms with E-state index in [0.717, 1.165) is 27.1 Å². The molecule has 0 unspecified atom stereocenters. The Kier molecular flexibility index (Phi) is 3.14. The average molecular weight is 286 g/mol. The summed E-state index contributed by atoms with van der Waals surface area (Å²) < 4.78 is 11.6. The highest BCUT2D eigenvalue weighted by Gasteiger charge is 2.22. The number of fused-ring (bicyclic) bond motifs is 3. The predicted molar refractivity (Wildman–Crippen MR) is 82.5 cm³/mol. The Morgan fingerprint density at radius 3 is 2.30 bits per heavy atom. The molecule has 0 saturated carbocycles. The number of aryl methyl sites for hydroxylation is 1. The summed E-state index contributed by atoms with van der Waals surface area (Å²) in [5, 5.41) is 4.34. The lowest BCUT2D eigenvalue weighted by Gasteiger charge is -2.14. The Hall–Kier alpha value is -1.67. The van der Waals surface area contributed by atoms with Gasteiger partial charge >= 0.3 is 7.60 Å². The van der Waals surface area contributed by atoms with Gasteiger partial charge in [-0.25, -0.2) is 0 Å². The third-order valence-corrected chi connectivity index (χ3v) is 4.73. The molecule has 0 heterocycles. The summed E-state index contributed by atoms with van der Waals surface area (Å²) in [6, 6.07) is 15.4. The number of hydrogen-bond donors (Lipinski definition) is 2. The van der Waals surface area contributed by atoms with Gasteiger partial charge in [0.15, 0.2) is 0 Å². The van der Waals surface area contributed by atoms with Crippen molar-refractivity contribution in [3.8, 4) is 0 Å². The molecule has 0 fully saturated rings. The molecule has 2 N–H and O–H groups in total. The third kappa shape index (κ3) is 2.04. The molecular weight excluding hydrogens is 271 g/mol. The molecule has 0 spiro atoms. The molecular formula is C16H15O3P. The van der Waals surface area contributed by atoms with E-state index < -0.39 is 7.60 Å². The lowest BCUT2D eigenvalue weighted by Crippen LogP contribution is -2.11. The largest absolute Gasteiger partial charge is 0.356 e. The van der Waals surface area contributed by atoms with E-state index in [-0.39, 0.29) is 5.30 Å². The molecule has 4 heteroatoms. The van der Waals surface area contributed by atoms with E-state index in [1.165, 1.54) is 0 Å². The van der Waals surface area contributed by atoms with Crippen LogP contribution in [0.2, 0.25) is 0 Å². The van der Waals surface area contributed by atoms with Gasteiger partial charge in [0, 0.05) is 0 Å². The molecule has 3 nitrogen and oxygen atoms in total. The monoisotopic (exact) mass is 286 g/mol. The highest BCUT2D eigenvalue weighted by atomic mass is 31.2. The van der Waals surface area contributed by atoms with Gasteiger partial charge in [-0.2, -0.15) is 0 Å². The van der Waals surface area contributed by atoms with Crippen molar-refractivity contribution in [2.45, 2.75) is 13.3 Å². The number of rotatable bonds is 2. The summed E-state index contributed by atoms with van der Waals surface area (Å²) in [5.74, 6) is 0. The fraction of sp³-hybridized carbons (Fsp3) is 0.125. The van der Waals surface area contributed by atoms with E-state index in [4.69, 9.17) is 0 Å². The number of benzene rings is 3. The minimum atomic E-state index is -4.24. The molecule has 0 bridgehead atoms. The van der Waals surface area contributed by atoms with Gasteiger partial charge in [0.05, 0.1) is 5.30 Å². The molecule has 3 rings (SSSR count). The first-order valence-electron chi connectivity index (χ1n) is 6.52. The molecule has 0 aliphatic carbocycles. The van der Waals surface area contributed by atoms with E-state index in [0.29, 0.717) is 6.42 Å². The standard InChI is InChI=1S/C16H15O3P/c1-2-12-14-8-7-11-5-3-4-6-13(11)15(14)9-10-16(12)20(17,18)19/h3-10H,2H2,1H3,(H2,17,18,19). The third-order valence-electron chi connectivity index (χ3n) is 3.68. The summed E-state index contributed by atoms with van der Waals surface area (Å²) in [7, 11) is -4.24. The Bertz CT molecular complexity index is 849. The van der Waals surface area contributed by atoms with Crippen LogP contribution >= 0.6 is 7.60 Å². The molecule has 3 aromatic carbocycles. The molecule has 0 aliphatic rings. The van der Waals surface area contributed by atoms with Gasteiger partial charge in [-0.3, -0.25) is 4.57 Å². The SMILES string of the molecule is CCc1c(P(=O)(O)O)ccc2c1ccc1ccccc12. The topological polar surface area (TPSA) is 57.5 Å². The lowest BCUT2D eigenvalue weighted by molar-refractivity contribution is 0.387. The van der Waals surface area contributed by atoms with Gasteiger partial charge in [0.2, 0.25) is 0 Å². The van der Waals surface area contributed by atoms with Crippen molar-refractivity contribution >= 4 is 34.4 Å². The average Bonchev–Trinajstić information content (AvgIpc) is 2.44. The van der Waals surface area contributed by atoms with Crippen LogP contribution in [0.1, 0.15) is 12.5 Å². The predicted octanol–water partition coefficient (Wildman–Crippen LogP) is 3.36. The van der Waals surface area contributed by atoms with E-state index in [2.05, 4.69) is 0 Å². The first-order chi connectivity index (χ1) is 9.52. The quantitative estimate of drug-likeness (QED) is 0.561. The second kappa shape index (κ2) is 4.71. The van der Waals surface area contributed by atoms with Crippen LogP contribution in [0, 0.1) is 0 Å². The highest BCUT2D eigenvalue weighted by Crippen LogP contribution is 2.38. The van der Waals surface area contributed by atoms with Crippen LogP contribution in [0.4, 0.5) is 0 Å². The van der Waals surface area contributed by atoms with Crippen LogP contribution in [0.5, 0.6) is 0 Å². The smallest absolute Gasteiger partial charge is 0.321 e. The second-order valence-corrected chi connectivity index (χ2v) is 6.41. The van der Waals surface area contributed by atoms with Crippen LogP contribution in [0.3, 0.4) is 0 Å². The van der Waals surface area contributed by atoms with Crippen LogP contribution in [0.15, 0.2) is 48.5 Å². The van der Waals surface area contributed by atoms with Gasteiger partial charge in [-0.05, 0) is 39.6 Å². The highest BCUT2D eigenvalue weighted by molar-refractivity contribution is 7.60. The van der Waals surface area contributed by atoms with Crippen LogP contribution in [0.25, 0.3) is 21.5 Å². The van der Waals surface area contributed by atoms with Crippen molar-refractivity contribution in [3.05, 3.63) is 54.1 Å². The Morgan fingerprint density at radius 1 is 0.900 bits per heavy atom. The van der Waals surface area contributed by atoms with Gasteiger partial charge in [0.25, 0.3) is 0 Å². The van der Waals surface area contributed by atoms with E-state index in [9.17, 15) is 14.4 Å². The Balaban J connectivity index is 2.47. The molecule has 0 atom stereocenters. The molecule has 3 aromatic rings. The minimum absolute atomic E-state index is 0.141. The first-order valence-corrected chi connectivity index (χ1v) is 8.13. The molecule has 0 aliphatic heterocycles. The molecule has 0 saturated heterocycles. The van der Waals surface area contributed by atoms with Crippen molar-refractivity contribution in [3.63, 3.8) is 0 Å². The van der Waals surface area contributed by atoms with E-state index in [1.807, 2.05) is 49.4 Å². The molecule has 0 aromatic heterocycles. The molecule has 0 amide bonds. The van der Waals surface area contributed by atoms with Gasteiger partial charge in [-0.15, -0.1) is 0 Å². The second-order valence-electron chi connectivity index (χ2n) is 4.84. The van der Waals surface area contributed by atoms with Crippen molar-refractivity contribution in [2.75, 3.05) is 0 Å². The molecule has 102 valence electrons. The normalized spacial score (nSPS) is 12.2. The summed E-state index contributed by atoms with van der Waals surface area (Å²) in [5.41, 5.74) is 0.738. The zero-order valence-corrected chi connectivity index (χ0v) is 12.0. The molecule has 0 radical (unpaired) electrons. The Labute approximate surface area is 117 Å². The summed E-state index contributed by atoms with van der Waals surface area (Å²) in [6.07, 6.45) is 0.593. The maximum Gasteiger partial charge on any atom is 0.356 e.